The van der Waals surface area contributed by atoms with Crippen molar-refractivity contribution in [3.8, 4) is 11.1 Å². The van der Waals surface area contributed by atoms with E-state index in [0.717, 1.165) is 11.1 Å². The molecule has 1 fully saturated rings. The van der Waals surface area contributed by atoms with Crippen LogP contribution in [0.5, 0.6) is 0 Å². The molecular formula is C21H21NO4. The molecule has 2 aromatic rings. The largest absolute Gasteiger partial charge is 0.480 e. The van der Waals surface area contributed by atoms with E-state index in [-0.39, 0.29) is 18.4 Å². The van der Waals surface area contributed by atoms with Gasteiger partial charge in [-0.05, 0) is 34.6 Å². The van der Waals surface area contributed by atoms with Crippen LogP contribution >= 0.6 is 0 Å². The molecule has 2 aromatic carbocycles. The number of likely N-dealkylation sites (tertiary alicyclic amines) is 1. The Kier molecular flexibility index (Phi) is 4.15. The maximum Gasteiger partial charge on any atom is 0.410 e. The molecule has 26 heavy (non-hydrogen) atoms. The van der Waals surface area contributed by atoms with Crippen molar-refractivity contribution >= 4 is 12.1 Å². The predicted molar refractivity (Wildman–Crippen MR) is 97.0 cm³/mol. The minimum absolute atomic E-state index is 0.0188. The Bertz CT molecular complexity index is 817. The van der Waals surface area contributed by atoms with E-state index in [1.165, 1.54) is 16.0 Å². The van der Waals surface area contributed by atoms with Crippen LogP contribution in [0.2, 0.25) is 0 Å². The van der Waals surface area contributed by atoms with Crippen molar-refractivity contribution in [1.29, 1.82) is 0 Å². The summed E-state index contributed by atoms with van der Waals surface area (Å²) in [5.74, 6) is -1.05. The molecule has 0 aromatic heterocycles. The molecule has 0 bridgehead atoms. The number of nitrogens with zero attached hydrogens (tertiary/aromatic N) is 1. The fourth-order valence-corrected chi connectivity index (χ4v) is 4.21. The molecule has 2 aliphatic rings. The number of carbonyl (C=O) groups excluding carboxylic acids is 1. The van der Waals surface area contributed by atoms with E-state index in [4.69, 9.17) is 4.74 Å². The van der Waals surface area contributed by atoms with Crippen molar-refractivity contribution in [3.63, 3.8) is 0 Å². The molecule has 2 atom stereocenters. The van der Waals surface area contributed by atoms with Gasteiger partial charge in [-0.1, -0.05) is 55.5 Å². The van der Waals surface area contributed by atoms with Crippen molar-refractivity contribution in [1.82, 2.24) is 4.90 Å². The van der Waals surface area contributed by atoms with Gasteiger partial charge in [0.05, 0.1) is 0 Å². The summed E-state index contributed by atoms with van der Waals surface area (Å²) in [6.07, 6.45) is 0.143. The summed E-state index contributed by atoms with van der Waals surface area (Å²) >= 11 is 0. The molecule has 1 N–H and O–H groups in total. The van der Waals surface area contributed by atoms with E-state index in [0.29, 0.717) is 13.0 Å². The number of carboxylic acids is 1. The van der Waals surface area contributed by atoms with E-state index >= 15 is 0 Å². The van der Waals surface area contributed by atoms with Crippen LogP contribution in [0.3, 0.4) is 0 Å². The third-order valence-corrected chi connectivity index (χ3v) is 5.52. The van der Waals surface area contributed by atoms with Crippen LogP contribution in [0.15, 0.2) is 48.5 Å². The van der Waals surface area contributed by atoms with Gasteiger partial charge >= 0.3 is 12.1 Å². The number of hydrogen-bond donors (Lipinski definition) is 1. The van der Waals surface area contributed by atoms with Gasteiger partial charge < -0.3 is 9.84 Å². The third-order valence-electron chi connectivity index (χ3n) is 5.52. The highest BCUT2D eigenvalue weighted by atomic mass is 16.6. The van der Waals surface area contributed by atoms with Crippen LogP contribution in [-0.4, -0.2) is 41.3 Å². The molecule has 4 rings (SSSR count). The van der Waals surface area contributed by atoms with Crippen LogP contribution in [0.1, 0.15) is 30.4 Å². The molecule has 5 heteroatoms. The van der Waals surface area contributed by atoms with Gasteiger partial charge in [-0.3, -0.25) is 4.90 Å². The molecular weight excluding hydrogens is 330 g/mol. The lowest BCUT2D eigenvalue weighted by Crippen LogP contribution is -2.43. The molecule has 1 aliphatic heterocycles. The molecule has 1 heterocycles. The number of amides is 1. The lowest BCUT2D eigenvalue weighted by molar-refractivity contribution is -0.142. The minimum Gasteiger partial charge on any atom is -0.480 e. The summed E-state index contributed by atoms with van der Waals surface area (Å²) in [6.45, 7) is 2.49. The monoisotopic (exact) mass is 351 g/mol. The zero-order valence-corrected chi connectivity index (χ0v) is 14.6. The quantitative estimate of drug-likeness (QED) is 0.915. The molecule has 1 aliphatic carbocycles. The van der Waals surface area contributed by atoms with Gasteiger partial charge in [-0.15, -0.1) is 0 Å². The number of fused-ring (bicyclic) bond motifs is 3. The molecule has 5 nitrogen and oxygen atoms in total. The molecule has 0 unspecified atom stereocenters. The van der Waals surface area contributed by atoms with Crippen LogP contribution in [0.4, 0.5) is 4.79 Å². The summed E-state index contributed by atoms with van der Waals surface area (Å²) in [5, 5.41) is 9.39. The van der Waals surface area contributed by atoms with Gasteiger partial charge in [0.2, 0.25) is 0 Å². The first-order valence-corrected chi connectivity index (χ1v) is 8.92. The Labute approximate surface area is 152 Å². The van der Waals surface area contributed by atoms with E-state index in [2.05, 4.69) is 24.3 Å². The van der Waals surface area contributed by atoms with E-state index in [9.17, 15) is 14.7 Å². The van der Waals surface area contributed by atoms with Crippen molar-refractivity contribution in [2.75, 3.05) is 13.2 Å². The highest BCUT2D eigenvalue weighted by Crippen LogP contribution is 2.44. The van der Waals surface area contributed by atoms with Gasteiger partial charge in [-0.2, -0.15) is 0 Å². The zero-order chi connectivity index (χ0) is 18.3. The minimum atomic E-state index is -0.969. The second-order valence-electron chi connectivity index (χ2n) is 7.05. The highest BCUT2D eigenvalue weighted by Gasteiger charge is 2.41. The van der Waals surface area contributed by atoms with Gasteiger partial charge in [0.15, 0.2) is 0 Å². The maximum atomic E-state index is 12.5. The lowest BCUT2D eigenvalue weighted by Gasteiger charge is -2.24. The lowest BCUT2D eigenvalue weighted by atomic mass is 9.98. The highest BCUT2D eigenvalue weighted by molar-refractivity contribution is 5.82. The topological polar surface area (TPSA) is 66.8 Å². The van der Waals surface area contributed by atoms with Gasteiger partial charge in [0, 0.05) is 12.5 Å². The van der Waals surface area contributed by atoms with Crippen LogP contribution < -0.4 is 0 Å². The number of hydrogen-bond acceptors (Lipinski definition) is 3. The average molecular weight is 351 g/mol. The molecule has 1 saturated heterocycles. The Morgan fingerprint density at radius 3 is 2.23 bits per heavy atom. The Morgan fingerprint density at radius 2 is 1.65 bits per heavy atom. The number of carbonyl (C=O) groups is 2. The molecule has 0 radical (unpaired) electrons. The van der Waals surface area contributed by atoms with Gasteiger partial charge in [0.25, 0.3) is 0 Å². The average Bonchev–Trinajstić information content (AvgIpc) is 3.18. The smallest absolute Gasteiger partial charge is 0.410 e. The second-order valence-corrected chi connectivity index (χ2v) is 7.05. The van der Waals surface area contributed by atoms with Crippen LogP contribution in [0.25, 0.3) is 11.1 Å². The molecule has 134 valence electrons. The zero-order valence-electron chi connectivity index (χ0n) is 14.6. The number of rotatable bonds is 3. The molecule has 0 spiro atoms. The first-order chi connectivity index (χ1) is 12.6. The summed E-state index contributed by atoms with van der Waals surface area (Å²) in [5.41, 5.74) is 4.63. The summed E-state index contributed by atoms with van der Waals surface area (Å²) < 4.78 is 5.58. The first-order valence-electron chi connectivity index (χ1n) is 8.92. The number of aliphatic carboxylic acids is 1. The summed E-state index contributed by atoms with van der Waals surface area (Å²) in [4.78, 5) is 25.3. The number of carboxylic acid groups (broad SMARTS) is 1. The SMILES string of the molecule is C[C@H]1CCN(C(=O)OCC2c3ccccc3-c3ccccc32)[C@H]1C(=O)O. The van der Waals surface area contributed by atoms with Gasteiger partial charge in [0.1, 0.15) is 12.6 Å². The van der Waals surface area contributed by atoms with Crippen molar-refractivity contribution < 1.29 is 19.4 Å². The standard InChI is InChI=1S/C21H21NO4/c1-13-10-11-22(19(13)20(23)24)21(25)26-12-18-16-8-4-2-6-14(16)15-7-3-5-9-17(15)18/h2-9,13,18-19H,10-12H2,1H3,(H,23,24)/t13-,19+/m0/s1. The van der Waals surface area contributed by atoms with E-state index in [1.807, 2.05) is 31.2 Å². The fourth-order valence-electron chi connectivity index (χ4n) is 4.21. The predicted octanol–water partition coefficient (Wildman–Crippen LogP) is 3.73. The van der Waals surface area contributed by atoms with Crippen LogP contribution in [0, 0.1) is 5.92 Å². The van der Waals surface area contributed by atoms with Crippen LogP contribution in [-0.2, 0) is 9.53 Å². The van der Waals surface area contributed by atoms with E-state index < -0.39 is 18.1 Å². The first kappa shape index (κ1) is 16.6. The van der Waals surface area contributed by atoms with Crippen molar-refractivity contribution in [2.24, 2.45) is 5.92 Å². The molecule has 1 amide bonds. The van der Waals surface area contributed by atoms with Gasteiger partial charge in [-0.25, -0.2) is 9.59 Å². The number of ether oxygens (including phenoxy) is 1. The second kappa shape index (κ2) is 6.48. The normalized spacial score (nSPS) is 21.3. The third kappa shape index (κ3) is 2.64. The Morgan fingerprint density at radius 1 is 1.08 bits per heavy atom. The maximum absolute atomic E-state index is 12.5. The Balaban J connectivity index is 1.53. The Hall–Kier alpha value is -2.82. The fraction of sp³-hybridized carbons (Fsp3) is 0.333. The molecule has 0 saturated carbocycles. The van der Waals surface area contributed by atoms with E-state index in [1.54, 1.807) is 0 Å². The summed E-state index contributed by atoms with van der Waals surface area (Å²) in [7, 11) is 0. The van der Waals surface area contributed by atoms with Crippen molar-refractivity contribution in [3.05, 3.63) is 59.7 Å². The summed E-state index contributed by atoms with van der Waals surface area (Å²) in [6, 6.07) is 15.5. The number of benzene rings is 2. The van der Waals surface area contributed by atoms with Crippen molar-refractivity contribution in [2.45, 2.75) is 25.3 Å².